The minimum Gasteiger partial charge on any atom is -0.381 e. The Labute approximate surface area is 156 Å². The number of halogens is 1. The van der Waals surface area contributed by atoms with Crippen LogP contribution < -0.4 is 5.32 Å². The molecule has 0 bridgehead atoms. The molecule has 1 atom stereocenters. The lowest BCUT2D eigenvalue weighted by Crippen LogP contribution is -2.41. The fourth-order valence-electron chi connectivity index (χ4n) is 3.46. The quantitative estimate of drug-likeness (QED) is 0.456. The Bertz CT molecular complexity index is 541. The molecule has 128 valence electrons. The maximum atomic E-state index is 5.63. The van der Waals surface area contributed by atoms with E-state index < -0.39 is 0 Å². The highest BCUT2D eigenvalue weighted by molar-refractivity contribution is 14.0. The standard InChI is InChI=1S/C18H27N3O.HI/c1-3-19-17(20-12-16-7-5-4-6-15(16)2)21-10-8-18(13-21)9-11-22-14-18;/h4-7H,3,8-14H2,1-2H3,(H,19,20);1H. The monoisotopic (exact) mass is 429 g/mol. The zero-order valence-electron chi connectivity index (χ0n) is 14.2. The first-order valence-corrected chi connectivity index (χ1v) is 8.38. The van der Waals surface area contributed by atoms with Crippen molar-refractivity contribution in [1.29, 1.82) is 0 Å². The molecule has 0 saturated carbocycles. The molecular weight excluding hydrogens is 401 g/mol. The van der Waals surface area contributed by atoms with Crippen molar-refractivity contribution in [3.8, 4) is 0 Å². The Kier molecular flexibility index (Phi) is 6.71. The highest BCUT2D eigenvalue weighted by atomic mass is 127. The van der Waals surface area contributed by atoms with E-state index in [1.807, 2.05) is 0 Å². The fourth-order valence-corrected chi connectivity index (χ4v) is 3.46. The highest BCUT2D eigenvalue weighted by Gasteiger charge is 2.42. The van der Waals surface area contributed by atoms with Gasteiger partial charge in [0.15, 0.2) is 5.96 Å². The summed E-state index contributed by atoms with van der Waals surface area (Å²) in [6, 6.07) is 8.49. The van der Waals surface area contributed by atoms with Gasteiger partial charge in [0.1, 0.15) is 0 Å². The number of likely N-dealkylation sites (tertiary alicyclic amines) is 1. The third-order valence-electron chi connectivity index (χ3n) is 4.92. The molecule has 0 aliphatic carbocycles. The number of aliphatic imine (C=N–C) groups is 1. The number of hydrogen-bond acceptors (Lipinski definition) is 2. The van der Waals surface area contributed by atoms with Gasteiger partial charge in [0.25, 0.3) is 0 Å². The van der Waals surface area contributed by atoms with Crippen molar-refractivity contribution in [2.24, 2.45) is 10.4 Å². The molecule has 5 heteroatoms. The SMILES string of the molecule is CCNC(=NCc1ccccc1C)N1CCC2(CCOC2)C1.I. The first kappa shape index (κ1) is 18.5. The Balaban J connectivity index is 0.00000192. The molecule has 3 rings (SSSR count). The van der Waals surface area contributed by atoms with Gasteiger partial charge in [0.2, 0.25) is 0 Å². The van der Waals surface area contributed by atoms with E-state index in [9.17, 15) is 0 Å². The van der Waals surface area contributed by atoms with Crippen LogP contribution in [0.3, 0.4) is 0 Å². The number of hydrogen-bond donors (Lipinski definition) is 1. The van der Waals surface area contributed by atoms with E-state index in [-0.39, 0.29) is 24.0 Å². The van der Waals surface area contributed by atoms with Gasteiger partial charge in [-0.25, -0.2) is 4.99 Å². The maximum Gasteiger partial charge on any atom is 0.194 e. The third-order valence-corrected chi connectivity index (χ3v) is 4.92. The van der Waals surface area contributed by atoms with Gasteiger partial charge in [-0.05, 0) is 37.8 Å². The number of nitrogens with one attached hydrogen (secondary N) is 1. The molecule has 1 unspecified atom stereocenters. The Morgan fingerprint density at radius 1 is 1.35 bits per heavy atom. The van der Waals surface area contributed by atoms with Crippen LogP contribution in [0.25, 0.3) is 0 Å². The summed E-state index contributed by atoms with van der Waals surface area (Å²) in [6.45, 7) is 9.94. The maximum absolute atomic E-state index is 5.63. The number of benzene rings is 1. The topological polar surface area (TPSA) is 36.9 Å². The van der Waals surface area contributed by atoms with Crippen molar-refractivity contribution < 1.29 is 4.74 Å². The van der Waals surface area contributed by atoms with Crippen molar-refractivity contribution in [2.45, 2.75) is 33.2 Å². The first-order valence-electron chi connectivity index (χ1n) is 8.38. The smallest absolute Gasteiger partial charge is 0.194 e. The molecule has 4 nitrogen and oxygen atoms in total. The summed E-state index contributed by atoms with van der Waals surface area (Å²) in [5.41, 5.74) is 2.99. The zero-order chi connectivity index (χ0) is 15.4. The Hall–Kier alpha value is -0.820. The summed E-state index contributed by atoms with van der Waals surface area (Å²) < 4.78 is 5.63. The molecule has 2 heterocycles. The molecule has 0 aromatic heterocycles. The van der Waals surface area contributed by atoms with Crippen molar-refractivity contribution in [1.82, 2.24) is 10.2 Å². The van der Waals surface area contributed by atoms with Crippen molar-refractivity contribution in [3.63, 3.8) is 0 Å². The molecule has 1 aromatic rings. The molecule has 2 saturated heterocycles. The van der Waals surface area contributed by atoms with Crippen molar-refractivity contribution in [2.75, 3.05) is 32.8 Å². The number of rotatable bonds is 3. The largest absolute Gasteiger partial charge is 0.381 e. The van der Waals surface area contributed by atoms with Gasteiger partial charge in [-0.2, -0.15) is 0 Å². The molecule has 1 aromatic carbocycles. The van der Waals surface area contributed by atoms with Crippen molar-refractivity contribution >= 4 is 29.9 Å². The van der Waals surface area contributed by atoms with Gasteiger partial charge in [-0.1, -0.05) is 24.3 Å². The van der Waals surface area contributed by atoms with E-state index >= 15 is 0 Å². The molecule has 2 fully saturated rings. The number of aryl methyl sites for hydroxylation is 1. The number of nitrogens with zero attached hydrogens (tertiary/aromatic N) is 2. The molecule has 2 aliphatic heterocycles. The second kappa shape index (κ2) is 8.33. The van der Waals surface area contributed by atoms with E-state index in [0.717, 1.165) is 45.4 Å². The van der Waals surface area contributed by atoms with Crippen LogP contribution in [0.15, 0.2) is 29.3 Å². The van der Waals surface area contributed by atoms with Gasteiger partial charge in [-0.3, -0.25) is 0 Å². The van der Waals surface area contributed by atoms with Gasteiger partial charge < -0.3 is 15.0 Å². The first-order chi connectivity index (χ1) is 10.7. The highest BCUT2D eigenvalue weighted by Crippen LogP contribution is 2.38. The molecular formula is C18H28IN3O. The van der Waals surface area contributed by atoms with Crippen LogP contribution in [-0.4, -0.2) is 43.7 Å². The van der Waals surface area contributed by atoms with Crippen LogP contribution in [0, 0.1) is 12.3 Å². The lowest BCUT2D eigenvalue weighted by atomic mass is 9.87. The molecule has 0 radical (unpaired) electrons. The van der Waals surface area contributed by atoms with Crippen LogP contribution >= 0.6 is 24.0 Å². The summed E-state index contributed by atoms with van der Waals surface area (Å²) in [7, 11) is 0. The normalized spacial score (nSPS) is 24.1. The minimum atomic E-state index is 0. The minimum absolute atomic E-state index is 0. The van der Waals surface area contributed by atoms with E-state index in [4.69, 9.17) is 9.73 Å². The van der Waals surface area contributed by atoms with Gasteiger partial charge >= 0.3 is 0 Å². The fraction of sp³-hybridized carbons (Fsp3) is 0.611. The van der Waals surface area contributed by atoms with Crippen LogP contribution in [0.2, 0.25) is 0 Å². The Morgan fingerprint density at radius 3 is 2.87 bits per heavy atom. The van der Waals surface area contributed by atoms with E-state index in [1.54, 1.807) is 0 Å². The van der Waals surface area contributed by atoms with E-state index in [0.29, 0.717) is 5.41 Å². The number of ether oxygens (including phenoxy) is 1. The van der Waals surface area contributed by atoms with Gasteiger partial charge in [-0.15, -0.1) is 24.0 Å². The zero-order valence-corrected chi connectivity index (χ0v) is 16.5. The lowest BCUT2D eigenvalue weighted by molar-refractivity contribution is 0.156. The van der Waals surface area contributed by atoms with Crippen molar-refractivity contribution in [3.05, 3.63) is 35.4 Å². The average molecular weight is 429 g/mol. The molecule has 0 amide bonds. The average Bonchev–Trinajstić information content (AvgIpc) is 3.16. The molecule has 23 heavy (non-hydrogen) atoms. The second-order valence-corrected chi connectivity index (χ2v) is 6.57. The third kappa shape index (κ3) is 4.38. The summed E-state index contributed by atoms with van der Waals surface area (Å²) >= 11 is 0. The summed E-state index contributed by atoms with van der Waals surface area (Å²) in [5.74, 6) is 1.05. The van der Waals surface area contributed by atoms with Gasteiger partial charge in [0.05, 0.1) is 13.2 Å². The molecule has 1 spiro atoms. The summed E-state index contributed by atoms with van der Waals surface area (Å²) in [6.07, 6.45) is 2.42. The van der Waals surface area contributed by atoms with Crippen LogP contribution in [-0.2, 0) is 11.3 Å². The Morgan fingerprint density at radius 2 is 2.17 bits per heavy atom. The van der Waals surface area contributed by atoms with Gasteiger partial charge in [0, 0.05) is 31.7 Å². The van der Waals surface area contributed by atoms with E-state index in [2.05, 4.69) is 48.3 Å². The second-order valence-electron chi connectivity index (χ2n) is 6.57. The predicted octanol–water partition coefficient (Wildman–Crippen LogP) is 3.19. The molecule has 1 N–H and O–H groups in total. The number of guanidine groups is 1. The summed E-state index contributed by atoms with van der Waals surface area (Å²) in [4.78, 5) is 7.28. The summed E-state index contributed by atoms with van der Waals surface area (Å²) in [5, 5.41) is 3.46. The lowest BCUT2D eigenvalue weighted by Gasteiger charge is -2.25. The van der Waals surface area contributed by atoms with Crippen LogP contribution in [0.5, 0.6) is 0 Å². The van der Waals surface area contributed by atoms with Crippen LogP contribution in [0.4, 0.5) is 0 Å². The van der Waals surface area contributed by atoms with E-state index in [1.165, 1.54) is 24.0 Å². The predicted molar refractivity (Wildman–Crippen MR) is 105 cm³/mol. The van der Waals surface area contributed by atoms with Crippen LogP contribution in [0.1, 0.15) is 30.9 Å². The molecule has 2 aliphatic rings.